The molecule has 0 saturated carbocycles. The van der Waals surface area contributed by atoms with E-state index in [4.69, 9.17) is 18.9 Å². The zero-order chi connectivity index (χ0) is 16.7. The number of benzene rings is 1. The van der Waals surface area contributed by atoms with Crippen molar-refractivity contribution in [1.82, 2.24) is 0 Å². The highest BCUT2D eigenvalue weighted by molar-refractivity contribution is 5.27. The second-order valence-electron chi connectivity index (χ2n) is 5.41. The van der Waals surface area contributed by atoms with Crippen LogP contribution in [0.1, 0.15) is 25.8 Å². The Morgan fingerprint density at radius 3 is 2.43 bits per heavy atom. The Morgan fingerprint density at radius 2 is 1.83 bits per heavy atom. The Bertz CT molecular complexity index is 497. The summed E-state index contributed by atoms with van der Waals surface area (Å²) in [6.45, 7) is 5.15. The van der Waals surface area contributed by atoms with Crippen LogP contribution in [0.5, 0.6) is 5.75 Å². The number of methoxy groups -OCH3 is 1. The summed E-state index contributed by atoms with van der Waals surface area (Å²) < 4.78 is 21.8. The van der Waals surface area contributed by atoms with E-state index in [0.29, 0.717) is 13.2 Å². The lowest BCUT2D eigenvalue weighted by molar-refractivity contribution is -0.126. The summed E-state index contributed by atoms with van der Waals surface area (Å²) in [5, 5.41) is 10.4. The van der Waals surface area contributed by atoms with Crippen molar-refractivity contribution in [3.05, 3.63) is 41.5 Å². The zero-order valence-corrected chi connectivity index (χ0v) is 14.0. The molecule has 5 heteroatoms. The van der Waals surface area contributed by atoms with Crippen LogP contribution in [0.25, 0.3) is 0 Å². The lowest BCUT2D eigenvalue weighted by atomic mass is 10.1. The average Bonchev–Trinajstić information content (AvgIpc) is 2.89. The lowest BCUT2D eigenvalue weighted by Crippen LogP contribution is -2.35. The summed E-state index contributed by atoms with van der Waals surface area (Å²) in [4.78, 5) is 0. The topological polar surface area (TPSA) is 57.2 Å². The molecule has 3 atom stereocenters. The summed E-state index contributed by atoms with van der Waals surface area (Å²) in [5.41, 5.74) is 2.08. The fourth-order valence-electron chi connectivity index (χ4n) is 2.59. The van der Waals surface area contributed by atoms with E-state index in [1.165, 1.54) is 0 Å². The fourth-order valence-corrected chi connectivity index (χ4v) is 2.59. The minimum Gasteiger partial charge on any atom is -0.497 e. The van der Waals surface area contributed by atoms with Crippen LogP contribution in [0.4, 0.5) is 0 Å². The first-order chi connectivity index (χ1) is 11.2. The molecule has 5 nitrogen and oxygen atoms in total. The molecule has 0 aliphatic heterocycles. The lowest BCUT2D eigenvalue weighted by Gasteiger charge is -2.22. The number of ether oxygens (including phenoxy) is 4. The maximum Gasteiger partial charge on any atom is 0.147 e. The number of hydrogen-bond acceptors (Lipinski definition) is 5. The number of rotatable bonds is 9. The standard InChI is InChI=1S/C18H26O5/c1-4-14-10-16(17(19)18(14)23-12-21-5-2)22-11-13-6-8-15(20-3)9-7-13/h6-10,16-19H,4-5,11-12H2,1-3H3/t16-,17?,18-/m0/s1. The average molecular weight is 322 g/mol. The van der Waals surface area contributed by atoms with Crippen molar-refractivity contribution < 1.29 is 24.1 Å². The Morgan fingerprint density at radius 1 is 1.09 bits per heavy atom. The highest BCUT2D eigenvalue weighted by atomic mass is 16.7. The van der Waals surface area contributed by atoms with Gasteiger partial charge >= 0.3 is 0 Å². The molecule has 0 bridgehead atoms. The van der Waals surface area contributed by atoms with Gasteiger partial charge in [-0.05, 0) is 36.6 Å². The highest BCUT2D eigenvalue weighted by Crippen LogP contribution is 2.28. The monoisotopic (exact) mass is 322 g/mol. The molecular weight excluding hydrogens is 296 g/mol. The Kier molecular flexibility index (Phi) is 7.05. The van der Waals surface area contributed by atoms with E-state index in [1.54, 1.807) is 7.11 Å². The van der Waals surface area contributed by atoms with Gasteiger partial charge in [-0.15, -0.1) is 0 Å². The van der Waals surface area contributed by atoms with Crippen LogP contribution in [-0.4, -0.2) is 43.9 Å². The van der Waals surface area contributed by atoms with Gasteiger partial charge in [0.15, 0.2) is 0 Å². The highest BCUT2D eigenvalue weighted by Gasteiger charge is 2.36. The van der Waals surface area contributed by atoms with Gasteiger partial charge in [-0.1, -0.05) is 25.1 Å². The van der Waals surface area contributed by atoms with E-state index in [2.05, 4.69) is 0 Å². The molecule has 2 rings (SSSR count). The van der Waals surface area contributed by atoms with Crippen molar-refractivity contribution in [3.8, 4) is 5.75 Å². The van der Waals surface area contributed by atoms with Gasteiger partial charge in [0.05, 0.1) is 13.7 Å². The van der Waals surface area contributed by atoms with Crippen molar-refractivity contribution in [1.29, 1.82) is 0 Å². The summed E-state index contributed by atoms with van der Waals surface area (Å²) in [7, 11) is 1.64. The molecule has 0 fully saturated rings. The van der Waals surface area contributed by atoms with Crippen LogP contribution in [0.2, 0.25) is 0 Å². The third kappa shape index (κ3) is 4.78. The first-order valence-electron chi connectivity index (χ1n) is 8.02. The zero-order valence-electron chi connectivity index (χ0n) is 14.0. The predicted octanol–water partition coefficient (Wildman–Crippen LogP) is 2.67. The number of aliphatic hydroxyl groups excluding tert-OH is 1. The minimum atomic E-state index is -0.705. The van der Waals surface area contributed by atoms with E-state index in [1.807, 2.05) is 44.2 Å². The fraction of sp³-hybridized carbons (Fsp3) is 0.556. The van der Waals surface area contributed by atoms with Gasteiger partial charge < -0.3 is 24.1 Å². The summed E-state index contributed by atoms with van der Waals surface area (Å²) in [5.74, 6) is 0.812. The van der Waals surface area contributed by atoms with E-state index >= 15 is 0 Å². The SMILES string of the molecule is CCOCO[C@H]1C(CC)=C[C@H](OCc2ccc(OC)cc2)C1O. The summed E-state index contributed by atoms with van der Waals surface area (Å²) in [6, 6.07) is 7.69. The van der Waals surface area contributed by atoms with E-state index < -0.39 is 6.10 Å². The van der Waals surface area contributed by atoms with Crippen molar-refractivity contribution in [2.45, 2.75) is 45.2 Å². The van der Waals surface area contributed by atoms with Gasteiger partial charge in [0.25, 0.3) is 0 Å². The van der Waals surface area contributed by atoms with Gasteiger partial charge in [-0.3, -0.25) is 0 Å². The second kappa shape index (κ2) is 9.03. The van der Waals surface area contributed by atoms with Crippen LogP contribution in [0.15, 0.2) is 35.9 Å². The third-order valence-electron chi connectivity index (χ3n) is 3.94. The normalized spacial score (nSPS) is 23.8. The molecule has 128 valence electrons. The molecule has 1 aliphatic carbocycles. The van der Waals surface area contributed by atoms with Crippen molar-refractivity contribution in [3.63, 3.8) is 0 Å². The molecule has 1 aromatic carbocycles. The van der Waals surface area contributed by atoms with E-state index in [-0.39, 0.29) is 19.0 Å². The van der Waals surface area contributed by atoms with Crippen LogP contribution in [-0.2, 0) is 20.8 Å². The maximum absolute atomic E-state index is 10.4. The Balaban J connectivity index is 1.90. The Hall–Kier alpha value is -1.40. The molecule has 0 spiro atoms. The van der Waals surface area contributed by atoms with Crippen LogP contribution < -0.4 is 4.74 Å². The molecule has 0 saturated heterocycles. The van der Waals surface area contributed by atoms with Gasteiger partial charge in [-0.25, -0.2) is 0 Å². The second-order valence-corrected chi connectivity index (χ2v) is 5.41. The molecule has 0 aromatic heterocycles. The van der Waals surface area contributed by atoms with Crippen molar-refractivity contribution in [2.24, 2.45) is 0 Å². The molecule has 0 amide bonds. The number of aliphatic hydroxyl groups is 1. The van der Waals surface area contributed by atoms with Gasteiger partial charge in [0, 0.05) is 6.61 Å². The first-order valence-corrected chi connectivity index (χ1v) is 8.02. The molecule has 23 heavy (non-hydrogen) atoms. The molecule has 1 aliphatic rings. The van der Waals surface area contributed by atoms with Gasteiger partial charge in [0.2, 0.25) is 0 Å². The van der Waals surface area contributed by atoms with E-state index in [0.717, 1.165) is 23.3 Å². The van der Waals surface area contributed by atoms with Gasteiger partial charge in [-0.2, -0.15) is 0 Å². The third-order valence-corrected chi connectivity index (χ3v) is 3.94. The number of hydrogen-bond donors (Lipinski definition) is 1. The quantitative estimate of drug-likeness (QED) is 0.430. The predicted molar refractivity (Wildman–Crippen MR) is 87.3 cm³/mol. The smallest absolute Gasteiger partial charge is 0.147 e. The maximum atomic E-state index is 10.4. The minimum absolute atomic E-state index is 0.181. The molecule has 1 aromatic rings. The molecule has 0 heterocycles. The van der Waals surface area contributed by atoms with Crippen LogP contribution in [0, 0.1) is 0 Å². The summed E-state index contributed by atoms with van der Waals surface area (Å²) in [6.07, 6.45) is 1.36. The first kappa shape index (κ1) is 17.9. The van der Waals surface area contributed by atoms with Crippen molar-refractivity contribution >= 4 is 0 Å². The van der Waals surface area contributed by atoms with Crippen LogP contribution in [0.3, 0.4) is 0 Å². The summed E-state index contributed by atoms with van der Waals surface area (Å²) >= 11 is 0. The largest absolute Gasteiger partial charge is 0.497 e. The Labute approximate surface area is 137 Å². The van der Waals surface area contributed by atoms with Crippen LogP contribution >= 0.6 is 0 Å². The van der Waals surface area contributed by atoms with E-state index in [9.17, 15) is 5.11 Å². The molecular formula is C18H26O5. The molecule has 1 unspecified atom stereocenters. The van der Waals surface area contributed by atoms with Gasteiger partial charge in [0.1, 0.15) is 30.9 Å². The van der Waals surface area contributed by atoms with Crippen molar-refractivity contribution in [2.75, 3.05) is 20.5 Å². The molecule has 1 N–H and O–H groups in total. The molecule has 0 radical (unpaired) electrons.